The van der Waals surface area contributed by atoms with E-state index in [2.05, 4.69) is 4.98 Å². The number of nitrogens with zero attached hydrogens (tertiary/aromatic N) is 3. The highest BCUT2D eigenvalue weighted by Crippen LogP contribution is 2.25. The number of carbonyl (C=O) groups excluding carboxylic acids is 1. The van der Waals surface area contributed by atoms with Crippen LogP contribution in [0.3, 0.4) is 0 Å². The van der Waals surface area contributed by atoms with Gasteiger partial charge in [-0.15, -0.1) is 0 Å². The molecule has 0 aromatic carbocycles. The van der Waals surface area contributed by atoms with Gasteiger partial charge in [-0.25, -0.2) is 4.98 Å². The van der Waals surface area contributed by atoms with Crippen molar-refractivity contribution in [3.05, 3.63) is 17.2 Å². The third kappa shape index (κ3) is 2.95. The summed E-state index contributed by atoms with van der Waals surface area (Å²) in [5, 5.41) is 11.2. The predicted molar refractivity (Wildman–Crippen MR) is 61.5 cm³/mol. The van der Waals surface area contributed by atoms with Crippen LogP contribution in [0.15, 0.2) is 12.3 Å². The maximum absolute atomic E-state index is 12.1. The number of carbonyl (C=O) groups is 1. The molecule has 1 aliphatic rings. The summed E-state index contributed by atoms with van der Waals surface area (Å²) in [6.07, 6.45) is -0.799. The molecule has 1 aromatic rings. The summed E-state index contributed by atoms with van der Waals surface area (Å²) < 4.78 is 24.1. The Morgan fingerprint density at radius 2 is 2.06 bits per heavy atom. The van der Waals surface area contributed by atoms with Crippen molar-refractivity contribution in [1.29, 1.82) is 0 Å². The Labute approximate surface area is 106 Å². The molecule has 1 aliphatic heterocycles. The molecule has 0 aliphatic carbocycles. The number of hydrogen-bond donors (Lipinski definition) is 0. The second-order valence-corrected chi connectivity index (χ2v) is 4.76. The van der Waals surface area contributed by atoms with Crippen LogP contribution in [-0.4, -0.2) is 42.2 Å². The summed E-state index contributed by atoms with van der Waals surface area (Å²) in [6.45, 7) is 1.65. The molecule has 0 unspecified atom stereocenters. The van der Waals surface area contributed by atoms with Crippen molar-refractivity contribution < 1.29 is 18.7 Å². The molecule has 98 valence electrons. The molecule has 1 aromatic heterocycles. The van der Waals surface area contributed by atoms with Gasteiger partial charge >= 0.3 is 0 Å². The Morgan fingerprint density at radius 3 is 2.61 bits per heavy atom. The number of carboxylic acid groups (broad SMARTS) is 1. The lowest BCUT2D eigenvalue weighted by molar-refractivity contribution is -0.265. The van der Waals surface area contributed by atoms with E-state index in [-0.39, 0.29) is 0 Å². The van der Waals surface area contributed by atoms with Gasteiger partial charge in [-0.3, -0.25) is 0 Å². The summed E-state index contributed by atoms with van der Waals surface area (Å²) in [4.78, 5) is 18.1. The highest BCUT2D eigenvalue weighted by Gasteiger charge is 2.19. The molecule has 5 nitrogen and oxygen atoms in total. The van der Waals surface area contributed by atoms with Crippen LogP contribution in [0, 0.1) is 0 Å². The van der Waals surface area contributed by atoms with E-state index in [1.165, 1.54) is 11.1 Å². The SMILES string of the molecule is O=C([O-])N1CCN(c2ncc(C=C(F)F)s2)CC1. The highest BCUT2D eigenvalue weighted by molar-refractivity contribution is 7.16. The van der Waals surface area contributed by atoms with Gasteiger partial charge in [0.25, 0.3) is 6.08 Å². The summed E-state index contributed by atoms with van der Waals surface area (Å²) in [5.74, 6) is 0. The number of thiazole rings is 1. The summed E-state index contributed by atoms with van der Waals surface area (Å²) in [6, 6.07) is 0. The average molecular weight is 274 g/mol. The monoisotopic (exact) mass is 274 g/mol. The molecule has 8 heteroatoms. The number of amides is 1. The van der Waals surface area contributed by atoms with Crippen LogP contribution in [0.5, 0.6) is 0 Å². The van der Waals surface area contributed by atoms with Crippen molar-refractivity contribution in [2.24, 2.45) is 0 Å². The smallest absolute Gasteiger partial charge is 0.271 e. The fourth-order valence-electron chi connectivity index (χ4n) is 1.68. The fraction of sp³-hybridized carbons (Fsp3) is 0.400. The minimum Gasteiger partial charge on any atom is -0.530 e. The summed E-state index contributed by atoms with van der Waals surface area (Å²) in [7, 11) is 0. The lowest BCUT2D eigenvalue weighted by Gasteiger charge is -2.35. The van der Waals surface area contributed by atoms with Gasteiger partial charge < -0.3 is 19.7 Å². The predicted octanol–water partition coefficient (Wildman–Crippen LogP) is 0.846. The van der Waals surface area contributed by atoms with Gasteiger partial charge in [-0.1, -0.05) is 11.3 Å². The summed E-state index contributed by atoms with van der Waals surface area (Å²) in [5.41, 5.74) is 0. The number of anilines is 1. The lowest BCUT2D eigenvalue weighted by Crippen LogP contribution is -2.52. The van der Waals surface area contributed by atoms with Crippen LogP contribution in [-0.2, 0) is 0 Å². The molecule has 1 saturated heterocycles. The van der Waals surface area contributed by atoms with E-state index in [0.29, 0.717) is 36.2 Å². The first-order valence-corrected chi connectivity index (χ1v) is 6.07. The zero-order chi connectivity index (χ0) is 13.1. The first-order chi connectivity index (χ1) is 8.56. The third-order valence-electron chi connectivity index (χ3n) is 2.57. The lowest BCUT2D eigenvalue weighted by atomic mass is 10.3. The van der Waals surface area contributed by atoms with E-state index in [1.54, 1.807) is 0 Å². The number of halogens is 2. The maximum atomic E-state index is 12.1. The van der Waals surface area contributed by atoms with Crippen molar-refractivity contribution in [2.75, 3.05) is 31.1 Å². The molecule has 0 N–H and O–H groups in total. The Kier molecular flexibility index (Phi) is 3.75. The van der Waals surface area contributed by atoms with Crippen molar-refractivity contribution in [3.63, 3.8) is 0 Å². The van der Waals surface area contributed by atoms with Crippen molar-refractivity contribution in [3.8, 4) is 0 Å². The van der Waals surface area contributed by atoms with Gasteiger partial charge in [0.2, 0.25) is 0 Å². The first kappa shape index (κ1) is 12.7. The fourth-order valence-corrected chi connectivity index (χ4v) is 2.56. The van der Waals surface area contributed by atoms with Crippen LogP contribution in [0.2, 0.25) is 0 Å². The van der Waals surface area contributed by atoms with Crippen molar-refractivity contribution in [1.82, 2.24) is 9.88 Å². The second-order valence-electron chi connectivity index (χ2n) is 3.72. The first-order valence-electron chi connectivity index (χ1n) is 5.25. The maximum Gasteiger partial charge on any atom is 0.271 e. The average Bonchev–Trinajstić information content (AvgIpc) is 2.76. The van der Waals surface area contributed by atoms with Gasteiger partial charge in [0.05, 0.1) is 4.88 Å². The Balaban J connectivity index is 1.99. The molecule has 0 radical (unpaired) electrons. The van der Waals surface area contributed by atoms with Gasteiger partial charge in [-0.2, -0.15) is 8.78 Å². The number of aromatic nitrogens is 1. The molecule has 2 heterocycles. The zero-order valence-corrected chi connectivity index (χ0v) is 10.1. The van der Waals surface area contributed by atoms with E-state index in [9.17, 15) is 18.7 Å². The van der Waals surface area contributed by atoms with Crippen LogP contribution in [0.25, 0.3) is 6.08 Å². The third-order valence-corrected chi connectivity index (χ3v) is 3.58. The van der Waals surface area contributed by atoms with Crippen molar-refractivity contribution in [2.45, 2.75) is 0 Å². The Hall–Kier alpha value is -1.70. The van der Waals surface area contributed by atoms with Gasteiger partial charge in [0, 0.05) is 38.5 Å². The molecule has 0 atom stereocenters. The van der Waals surface area contributed by atoms with Crippen LogP contribution >= 0.6 is 11.3 Å². The van der Waals surface area contributed by atoms with Gasteiger partial charge in [-0.05, 0) is 0 Å². The van der Waals surface area contributed by atoms with Crippen LogP contribution in [0.4, 0.5) is 18.7 Å². The van der Waals surface area contributed by atoms with E-state index in [1.807, 2.05) is 4.90 Å². The molecular formula is C10H10F2N3O2S-. The quantitative estimate of drug-likeness (QED) is 0.802. The van der Waals surface area contributed by atoms with E-state index >= 15 is 0 Å². The van der Waals surface area contributed by atoms with Crippen LogP contribution < -0.4 is 10.0 Å². The van der Waals surface area contributed by atoms with Gasteiger partial charge in [0.15, 0.2) is 5.13 Å². The molecule has 1 fully saturated rings. The molecule has 0 bridgehead atoms. The van der Waals surface area contributed by atoms with Gasteiger partial charge in [0.1, 0.15) is 6.09 Å². The highest BCUT2D eigenvalue weighted by atomic mass is 32.1. The Morgan fingerprint density at radius 1 is 1.39 bits per heavy atom. The summed E-state index contributed by atoms with van der Waals surface area (Å²) >= 11 is 1.15. The largest absolute Gasteiger partial charge is 0.530 e. The zero-order valence-electron chi connectivity index (χ0n) is 9.31. The standard InChI is InChI=1S/C10H11F2N3O2S/c11-8(12)5-7-6-13-9(18-7)14-1-3-15(4-2-14)10(16)17/h5-6H,1-4H2,(H,16,17)/p-1. The minimum absolute atomic E-state index is 0.338. The second kappa shape index (κ2) is 5.30. The topological polar surface area (TPSA) is 59.5 Å². The molecule has 0 saturated carbocycles. The molecule has 18 heavy (non-hydrogen) atoms. The van der Waals surface area contributed by atoms with E-state index in [4.69, 9.17) is 0 Å². The minimum atomic E-state index is -1.76. The molecule has 0 spiro atoms. The van der Waals surface area contributed by atoms with Crippen molar-refractivity contribution >= 4 is 28.6 Å². The van der Waals surface area contributed by atoms with Crippen LogP contribution in [0.1, 0.15) is 4.88 Å². The molecule has 1 amide bonds. The number of hydrogen-bond acceptors (Lipinski definition) is 5. The molecular weight excluding hydrogens is 264 g/mol. The molecule has 2 rings (SSSR count). The van der Waals surface area contributed by atoms with E-state index < -0.39 is 12.2 Å². The van der Waals surface area contributed by atoms with E-state index in [0.717, 1.165) is 17.4 Å². The Bertz CT molecular complexity index is 465. The normalized spacial score (nSPS) is 15.7. The number of rotatable bonds is 2. The number of piperazine rings is 1.